The molecule has 0 N–H and O–H groups in total. The van der Waals surface area contributed by atoms with Gasteiger partial charge in [0.1, 0.15) is 0 Å². The standard InChI is InChI=1S/C14H21Cl/c1-9(2)12(5)14(15)13-7-6-10(3)11(4)8-13/h6-9,12,14H,1-5H3. The van der Waals surface area contributed by atoms with Gasteiger partial charge in [-0.15, -0.1) is 11.6 Å². The number of hydrogen-bond acceptors (Lipinski definition) is 0. The molecule has 1 aromatic carbocycles. The molecule has 0 aliphatic heterocycles. The van der Waals surface area contributed by atoms with Crippen LogP contribution in [0.3, 0.4) is 0 Å². The molecule has 0 aliphatic carbocycles. The molecule has 0 spiro atoms. The largest absolute Gasteiger partial charge is 0.118 e. The van der Waals surface area contributed by atoms with E-state index in [4.69, 9.17) is 11.6 Å². The second-order valence-electron chi connectivity index (χ2n) is 4.85. The van der Waals surface area contributed by atoms with Gasteiger partial charge < -0.3 is 0 Å². The van der Waals surface area contributed by atoms with Gasteiger partial charge in [-0.25, -0.2) is 0 Å². The highest BCUT2D eigenvalue weighted by Crippen LogP contribution is 2.34. The summed E-state index contributed by atoms with van der Waals surface area (Å²) in [6.07, 6.45) is 0. The predicted octanol–water partition coefficient (Wildman–Crippen LogP) is 4.88. The van der Waals surface area contributed by atoms with Crippen molar-refractivity contribution in [1.29, 1.82) is 0 Å². The summed E-state index contributed by atoms with van der Waals surface area (Å²) in [6, 6.07) is 6.53. The van der Waals surface area contributed by atoms with Gasteiger partial charge in [-0.1, -0.05) is 39.0 Å². The van der Waals surface area contributed by atoms with Crippen molar-refractivity contribution >= 4 is 11.6 Å². The average molecular weight is 225 g/mol. The first-order chi connectivity index (χ1) is 6.93. The van der Waals surface area contributed by atoms with Gasteiger partial charge in [0.15, 0.2) is 0 Å². The molecule has 0 fully saturated rings. The summed E-state index contributed by atoms with van der Waals surface area (Å²) in [7, 11) is 0. The second-order valence-corrected chi connectivity index (χ2v) is 5.32. The molecule has 0 aliphatic rings. The fraction of sp³-hybridized carbons (Fsp3) is 0.571. The van der Waals surface area contributed by atoms with E-state index in [9.17, 15) is 0 Å². The van der Waals surface area contributed by atoms with Gasteiger partial charge in [0, 0.05) is 0 Å². The fourth-order valence-electron chi connectivity index (χ4n) is 1.58. The molecule has 2 atom stereocenters. The molecule has 1 rings (SSSR count). The molecule has 0 radical (unpaired) electrons. The number of halogens is 1. The first-order valence-corrected chi connectivity index (χ1v) is 6.08. The van der Waals surface area contributed by atoms with Crippen LogP contribution in [0.4, 0.5) is 0 Å². The van der Waals surface area contributed by atoms with Gasteiger partial charge in [0.2, 0.25) is 0 Å². The summed E-state index contributed by atoms with van der Waals surface area (Å²) >= 11 is 6.48. The van der Waals surface area contributed by atoms with E-state index in [0.29, 0.717) is 11.8 Å². The molecular formula is C14H21Cl. The molecule has 0 saturated carbocycles. The van der Waals surface area contributed by atoms with Crippen molar-refractivity contribution < 1.29 is 0 Å². The second kappa shape index (κ2) is 5.03. The molecule has 1 aromatic rings. The third-order valence-electron chi connectivity index (χ3n) is 3.36. The molecule has 0 aromatic heterocycles. The summed E-state index contributed by atoms with van der Waals surface area (Å²) in [6.45, 7) is 10.9. The van der Waals surface area contributed by atoms with E-state index in [2.05, 4.69) is 52.8 Å². The maximum absolute atomic E-state index is 6.48. The number of hydrogen-bond donors (Lipinski definition) is 0. The van der Waals surface area contributed by atoms with Gasteiger partial charge in [-0.3, -0.25) is 0 Å². The zero-order valence-corrected chi connectivity index (χ0v) is 11.1. The number of rotatable bonds is 3. The van der Waals surface area contributed by atoms with Crippen LogP contribution in [0.25, 0.3) is 0 Å². The molecule has 2 unspecified atom stereocenters. The van der Waals surface area contributed by atoms with Crippen LogP contribution in [0.15, 0.2) is 18.2 Å². The lowest BCUT2D eigenvalue weighted by Crippen LogP contribution is -2.11. The SMILES string of the molecule is Cc1ccc(C(Cl)C(C)C(C)C)cc1C. The topological polar surface area (TPSA) is 0 Å². The summed E-state index contributed by atoms with van der Waals surface area (Å²) in [5.74, 6) is 1.13. The van der Waals surface area contributed by atoms with E-state index in [-0.39, 0.29) is 5.38 Å². The van der Waals surface area contributed by atoms with Gasteiger partial charge in [0.05, 0.1) is 5.38 Å². The maximum Gasteiger partial charge on any atom is 0.0613 e. The Morgan fingerprint density at radius 2 is 1.60 bits per heavy atom. The molecule has 0 saturated heterocycles. The fourth-order valence-corrected chi connectivity index (χ4v) is 2.00. The Labute approximate surface area is 98.7 Å². The Hall–Kier alpha value is -0.490. The van der Waals surface area contributed by atoms with Crippen LogP contribution in [0.5, 0.6) is 0 Å². The molecule has 15 heavy (non-hydrogen) atoms. The van der Waals surface area contributed by atoms with Crippen LogP contribution in [-0.2, 0) is 0 Å². The molecule has 0 heterocycles. The van der Waals surface area contributed by atoms with Crippen molar-refractivity contribution in [2.45, 2.75) is 40.0 Å². The van der Waals surface area contributed by atoms with Crippen LogP contribution in [0.1, 0.15) is 42.8 Å². The highest BCUT2D eigenvalue weighted by Gasteiger charge is 2.19. The third-order valence-corrected chi connectivity index (χ3v) is 4.01. The van der Waals surface area contributed by atoms with Crippen LogP contribution >= 0.6 is 11.6 Å². The van der Waals surface area contributed by atoms with Gasteiger partial charge in [-0.2, -0.15) is 0 Å². The molecule has 0 amide bonds. The van der Waals surface area contributed by atoms with Crippen molar-refractivity contribution in [2.24, 2.45) is 11.8 Å². The highest BCUT2D eigenvalue weighted by atomic mass is 35.5. The molecule has 0 nitrogen and oxygen atoms in total. The maximum atomic E-state index is 6.48. The molecule has 1 heteroatoms. The van der Waals surface area contributed by atoms with Crippen LogP contribution < -0.4 is 0 Å². The molecular weight excluding hydrogens is 204 g/mol. The van der Waals surface area contributed by atoms with E-state index >= 15 is 0 Å². The average Bonchev–Trinajstić information content (AvgIpc) is 2.19. The lowest BCUT2D eigenvalue weighted by molar-refractivity contribution is 0.406. The minimum Gasteiger partial charge on any atom is -0.118 e. The number of alkyl halides is 1. The van der Waals surface area contributed by atoms with E-state index in [1.807, 2.05) is 0 Å². The third kappa shape index (κ3) is 2.98. The van der Waals surface area contributed by atoms with Crippen molar-refractivity contribution in [2.75, 3.05) is 0 Å². The van der Waals surface area contributed by atoms with Crippen LogP contribution in [-0.4, -0.2) is 0 Å². The van der Waals surface area contributed by atoms with Crippen molar-refractivity contribution in [1.82, 2.24) is 0 Å². The number of benzene rings is 1. The van der Waals surface area contributed by atoms with Crippen LogP contribution in [0, 0.1) is 25.7 Å². The molecule has 84 valence electrons. The lowest BCUT2D eigenvalue weighted by atomic mass is 9.89. The Bertz CT molecular complexity index is 328. The summed E-state index contributed by atoms with van der Waals surface area (Å²) < 4.78 is 0. The van der Waals surface area contributed by atoms with Crippen molar-refractivity contribution in [3.63, 3.8) is 0 Å². The Morgan fingerprint density at radius 1 is 1.00 bits per heavy atom. The van der Waals surface area contributed by atoms with E-state index in [1.54, 1.807) is 0 Å². The summed E-state index contributed by atoms with van der Waals surface area (Å²) in [5.41, 5.74) is 3.91. The minimum atomic E-state index is 0.129. The monoisotopic (exact) mass is 224 g/mol. The minimum absolute atomic E-state index is 0.129. The Morgan fingerprint density at radius 3 is 2.07 bits per heavy atom. The van der Waals surface area contributed by atoms with Crippen molar-refractivity contribution in [3.05, 3.63) is 34.9 Å². The lowest BCUT2D eigenvalue weighted by Gasteiger charge is -2.22. The van der Waals surface area contributed by atoms with E-state index in [0.717, 1.165) is 0 Å². The van der Waals surface area contributed by atoms with Gasteiger partial charge >= 0.3 is 0 Å². The van der Waals surface area contributed by atoms with E-state index in [1.165, 1.54) is 16.7 Å². The quantitative estimate of drug-likeness (QED) is 0.643. The normalized spacial score (nSPS) is 15.4. The van der Waals surface area contributed by atoms with Gasteiger partial charge in [0.25, 0.3) is 0 Å². The smallest absolute Gasteiger partial charge is 0.0613 e. The first kappa shape index (κ1) is 12.6. The summed E-state index contributed by atoms with van der Waals surface area (Å²) in [5, 5.41) is 0.129. The first-order valence-electron chi connectivity index (χ1n) is 5.64. The Balaban J connectivity index is 2.91. The van der Waals surface area contributed by atoms with Crippen molar-refractivity contribution in [3.8, 4) is 0 Å². The predicted molar refractivity (Wildman–Crippen MR) is 68.5 cm³/mol. The Kier molecular flexibility index (Phi) is 4.21. The number of aryl methyl sites for hydroxylation is 2. The van der Waals surface area contributed by atoms with E-state index < -0.39 is 0 Å². The zero-order valence-electron chi connectivity index (χ0n) is 10.3. The highest BCUT2D eigenvalue weighted by molar-refractivity contribution is 6.21. The summed E-state index contributed by atoms with van der Waals surface area (Å²) in [4.78, 5) is 0. The zero-order chi connectivity index (χ0) is 11.6. The van der Waals surface area contributed by atoms with Crippen LogP contribution in [0.2, 0.25) is 0 Å². The van der Waals surface area contributed by atoms with Gasteiger partial charge in [-0.05, 0) is 42.4 Å². The molecule has 0 bridgehead atoms.